The second-order valence-corrected chi connectivity index (χ2v) is 4.48. The lowest BCUT2D eigenvalue weighted by molar-refractivity contribution is 0.570. The minimum Gasteiger partial charge on any atom is -0.378 e. The minimum absolute atomic E-state index is 0.0581. The molecule has 94 valence electrons. The van der Waals surface area contributed by atoms with Gasteiger partial charge in [0.1, 0.15) is 11.6 Å². The van der Waals surface area contributed by atoms with Crippen molar-refractivity contribution in [1.82, 2.24) is 0 Å². The number of anilines is 1. The molecule has 0 N–H and O–H groups in total. The van der Waals surface area contributed by atoms with Gasteiger partial charge < -0.3 is 4.90 Å². The van der Waals surface area contributed by atoms with Gasteiger partial charge in [0.15, 0.2) is 0 Å². The average Bonchev–Trinajstić information content (AvgIpc) is 2.36. The smallest absolute Gasteiger partial charge is 0.136 e. The zero-order chi connectivity index (χ0) is 13.3. The maximum atomic E-state index is 14.0. The molecule has 0 atom stereocenters. The summed E-state index contributed by atoms with van der Waals surface area (Å²) in [5.74, 6) is -1.01. The number of rotatable bonds is 2. The summed E-state index contributed by atoms with van der Waals surface area (Å²) in [5.41, 5.74) is 2.22. The lowest BCUT2D eigenvalue weighted by atomic mass is 10.0. The van der Waals surface area contributed by atoms with Gasteiger partial charge in [-0.15, -0.1) is 0 Å². The second-order valence-electron chi connectivity index (χ2n) is 4.48. The quantitative estimate of drug-likeness (QED) is 0.775. The third kappa shape index (κ3) is 2.21. The molecule has 2 rings (SSSR count). The molecule has 18 heavy (non-hydrogen) atoms. The summed E-state index contributed by atoms with van der Waals surface area (Å²) in [4.78, 5) is 1.94. The van der Waals surface area contributed by atoms with Crippen molar-refractivity contribution in [2.45, 2.75) is 6.92 Å². The first-order valence-corrected chi connectivity index (χ1v) is 5.73. The van der Waals surface area contributed by atoms with Crippen LogP contribution < -0.4 is 4.90 Å². The lowest BCUT2D eigenvalue weighted by Gasteiger charge is -2.14. The van der Waals surface area contributed by atoms with Crippen LogP contribution >= 0.6 is 0 Å². The molecule has 0 radical (unpaired) electrons. The highest BCUT2D eigenvalue weighted by Gasteiger charge is 2.11. The van der Waals surface area contributed by atoms with Crippen LogP contribution in [0.5, 0.6) is 0 Å². The molecule has 2 aromatic rings. The predicted molar refractivity (Wildman–Crippen MR) is 70.9 cm³/mol. The molecule has 0 spiro atoms. The molecule has 0 saturated heterocycles. The topological polar surface area (TPSA) is 3.24 Å². The van der Waals surface area contributed by atoms with E-state index in [4.69, 9.17) is 0 Å². The van der Waals surface area contributed by atoms with E-state index in [1.165, 1.54) is 19.1 Å². The Morgan fingerprint density at radius 3 is 2.39 bits per heavy atom. The normalized spacial score (nSPS) is 10.5. The van der Waals surface area contributed by atoms with Gasteiger partial charge in [0.05, 0.1) is 0 Å². The Kier molecular flexibility index (Phi) is 3.32. The lowest BCUT2D eigenvalue weighted by Crippen LogP contribution is -2.08. The molecule has 2 aromatic carbocycles. The molecular weight excluding hydrogens is 232 g/mol. The van der Waals surface area contributed by atoms with Gasteiger partial charge >= 0.3 is 0 Å². The maximum absolute atomic E-state index is 14.0. The fourth-order valence-electron chi connectivity index (χ4n) is 1.84. The van der Waals surface area contributed by atoms with Gasteiger partial charge in [-0.25, -0.2) is 8.78 Å². The molecule has 0 fully saturated rings. The van der Waals surface area contributed by atoms with E-state index in [0.29, 0.717) is 5.56 Å². The van der Waals surface area contributed by atoms with E-state index < -0.39 is 11.6 Å². The van der Waals surface area contributed by atoms with Crippen LogP contribution in [-0.4, -0.2) is 14.1 Å². The zero-order valence-electron chi connectivity index (χ0n) is 10.7. The second kappa shape index (κ2) is 4.77. The summed E-state index contributed by atoms with van der Waals surface area (Å²) in [7, 11) is 3.84. The van der Waals surface area contributed by atoms with E-state index in [9.17, 15) is 8.78 Å². The van der Waals surface area contributed by atoms with Crippen LogP contribution in [0.1, 0.15) is 5.56 Å². The molecule has 3 heteroatoms. The molecule has 0 aliphatic heterocycles. The average molecular weight is 247 g/mol. The van der Waals surface area contributed by atoms with E-state index in [1.54, 1.807) is 0 Å². The monoisotopic (exact) mass is 247 g/mol. The van der Waals surface area contributed by atoms with Crippen molar-refractivity contribution >= 4 is 5.69 Å². The van der Waals surface area contributed by atoms with Crippen LogP contribution in [0.2, 0.25) is 0 Å². The number of hydrogen-bond acceptors (Lipinski definition) is 1. The van der Waals surface area contributed by atoms with Crippen molar-refractivity contribution < 1.29 is 8.78 Å². The largest absolute Gasteiger partial charge is 0.378 e. The first-order chi connectivity index (χ1) is 8.50. The van der Waals surface area contributed by atoms with Gasteiger partial charge in [-0.1, -0.05) is 12.1 Å². The van der Waals surface area contributed by atoms with Gasteiger partial charge in [-0.2, -0.15) is 0 Å². The third-order valence-corrected chi connectivity index (χ3v) is 2.99. The summed E-state index contributed by atoms with van der Waals surface area (Å²) in [6.07, 6.45) is 0. The first kappa shape index (κ1) is 12.6. The van der Waals surface area contributed by atoms with Crippen molar-refractivity contribution in [3.63, 3.8) is 0 Å². The minimum atomic E-state index is -0.514. The van der Waals surface area contributed by atoms with E-state index in [2.05, 4.69) is 0 Å². The van der Waals surface area contributed by atoms with Crippen molar-refractivity contribution in [3.8, 4) is 11.1 Å². The Balaban J connectivity index is 2.55. The zero-order valence-corrected chi connectivity index (χ0v) is 10.7. The van der Waals surface area contributed by atoms with E-state index in [1.807, 2.05) is 43.3 Å². The number of benzene rings is 2. The molecular formula is C15H15F2N. The van der Waals surface area contributed by atoms with Crippen LogP contribution in [0, 0.1) is 18.6 Å². The van der Waals surface area contributed by atoms with Gasteiger partial charge in [-0.05, 0) is 36.8 Å². The van der Waals surface area contributed by atoms with Crippen LogP contribution in [0.3, 0.4) is 0 Å². The summed E-state index contributed by atoms with van der Waals surface area (Å²) in [5, 5.41) is 0. The predicted octanol–water partition coefficient (Wildman–Crippen LogP) is 4.01. The SMILES string of the molecule is Cc1c(F)ccc(-c2cccc(N(C)C)c2)c1F. The standard InChI is InChI=1S/C15H15F2N/c1-10-14(16)8-7-13(15(10)17)11-5-4-6-12(9-11)18(2)3/h4-9H,1-3H3. The molecule has 0 aliphatic rings. The van der Waals surface area contributed by atoms with Gasteiger partial charge in [0.2, 0.25) is 0 Å². The van der Waals surface area contributed by atoms with Crippen LogP contribution in [0.4, 0.5) is 14.5 Å². The highest BCUT2D eigenvalue weighted by molar-refractivity contribution is 5.69. The highest BCUT2D eigenvalue weighted by Crippen LogP contribution is 2.28. The van der Waals surface area contributed by atoms with Crippen molar-refractivity contribution in [2.24, 2.45) is 0 Å². The van der Waals surface area contributed by atoms with Crippen LogP contribution in [-0.2, 0) is 0 Å². The molecule has 0 amide bonds. The maximum Gasteiger partial charge on any atom is 0.136 e. The Bertz CT molecular complexity index is 577. The van der Waals surface area contributed by atoms with Crippen LogP contribution in [0.25, 0.3) is 11.1 Å². The van der Waals surface area contributed by atoms with E-state index in [0.717, 1.165) is 11.3 Å². The Labute approximate surface area is 106 Å². The number of halogens is 2. The molecule has 0 heterocycles. The van der Waals surface area contributed by atoms with Gasteiger partial charge in [0, 0.05) is 30.9 Å². The van der Waals surface area contributed by atoms with Crippen molar-refractivity contribution in [1.29, 1.82) is 0 Å². The molecule has 0 saturated carbocycles. The highest BCUT2D eigenvalue weighted by atomic mass is 19.1. The molecule has 0 aromatic heterocycles. The van der Waals surface area contributed by atoms with E-state index >= 15 is 0 Å². The third-order valence-electron chi connectivity index (χ3n) is 2.99. The fourth-order valence-corrected chi connectivity index (χ4v) is 1.84. The number of hydrogen-bond donors (Lipinski definition) is 0. The molecule has 0 bridgehead atoms. The Morgan fingerprint density at radius 2 is 1.72 bits per heavy atom. The molecule has 1 nitrogen and oxygen atoms in total. The Hall–Kier alpha value is -1.90. The fraction of sp³-hybridized carbons (Fsp3) is 0.200. The molecule has 0 unspecified atom stereocenters. The number of nitrogens with zero attached hydrogens (tertiary/aromatic N) is 1. The summed E-state index contributed by atoms with van der Waals surface area (Å²) >= 11 is 0. The summed E-state index contributed by atoms with van der Waals surface area (Å²) in [6, 6.07) is 10.3. The van der Waals surface area contributed by atoms with Gasteiger partial charge in [-0.3, -0.25) is 0 Å². The van der Waals surface area contributed by atoms with Crippen molar-refractivity contribution in [3.05, 3.63) is 53.6 Å². The van der Waals surface area contributed by atoms with Gasteiger partial charge in [0.25, 0.3) is 0 Å². The van der Waals surface area contributed by atoms with E-state index in [-0.39, 0.29) is 5.56 Å². The molecule has 0 aliphatic carbocycles. The van der Waals surface area contributed by atoms with Crippen molar-refractivity contribution in [2.75, 3.05) is 19.0 Å². The Morgan fingerprint density at radius 1 is 1.00 bits per heavy atom. The first-order valence-electron chi connectivity index (χ1n) is 5.73. The van der Waals surface area contributed by atoms with Crippen LogP contribution in [0.15, 0.2) is 36.4 Å². The summed E-state index contributed by atoms with van der Waals surface area (Å²) in [6.45, 7) is 1.45. The summed E-state index contributed by atoms with van der Waals surface area (Å²) < 4.78 is 27.3.